The molecule has 1 aromatic carbocycles. The summed E-state index contributed by atoms with van der Waals surface area (Å²) in [5, 5.41) is 13.5. The molecule has 4 heterocycles. The molecule has 1 amide bonds. The molecule has 0 fully saturated rings. The van der Waals surface area contributed by atoms with Gasteiger partial charge >= 0.3 is 5.69 Å². The third kappa shape index (κ3) is 1.72. The van der Waals surface area contributed by atoms with Gasteiger partial charge in [-0.25, -0.2) is 4.79 Å². The highest BCUT2D eigenvalue weighted by Gasteiger charge is 2.58. The van der Waals surface area contributed by atoms with Crippen molar-refractivity contribution < 1.29 is 4.79 Å². The molecule has 3 N–H and O–H groups in total. The number of hydrogen-bond donors (Lipinski definition) is 3. The van der Waals surface area contributed by atoms with Crippen molar-refractivity contribution in [2.24, 2.45) is 14.1 Å². The molecule has 0 aliphatic carbocycles. The lowest BCUT2D eigenvalue weighted by Gasteiger charge is -2.34. The highest BCUT2D eigenvalue weighted by atomic mass is 35.5. The first-order valence-electron chi connectivity index (χ1n) is 8.53. The number of nitrogens with one attached hydrogen (secondary N) is 3. The number of carbonyl (C=O) groups is 1. The topological polar surface area (TPSA) is 114 Å². The molecule has 2 aromatic heterocycles. The Labute approximate surface area is 163 Å². The maximum Gasteiger partial charge on any atom is 0.332 e. The predicted octanol–water partition coefficient (Wildman–Crippen LogP) is 1.11. The molecule has 28 heavy (non-hydrogen) atoms. The van der Waals surface area contributed by atoms with Gasteiger partial charge < -0.3 is 10.6 Å². The maximum absolute atomic E-state index is 13.5. The summed E-state index contributed by atoms with van der Waals surface area (Å²) < 4.78 is 2.32. The maximum atomic E-state index is 13.5. The summed E-state index contributed by atoms with van der Waals surface area (Å²) in [4.78, 5) is 39.3. The Hall–Kier alpha value is -3.33. The van der Waals surface area contributed by atoms with E-state index in [4.69, 9.17) is 11.6 Å². The predicted molar refractivity (Wildman–Crippen MR) is 103 cm³/mol. The Kier molecular flexibility index (Phi) is 3.08. The largest absolute Gasteiger partial charge is 0.332 e. The van der Waals surface area contributed by atoms with Gasteiger partial charge in [-0.1, -0.05) is 17.7 Å². The monoisotopic (exact) mass is 398 g/mol. The van der Waals surface area contributed by atoms with E-state index in [1.165, 1.54) is 11.6 Å². The van der Waals surface area contributed by atoms with Crippen molar-refractivity contribution in [1.82, 2.24) is 19.3 Å². The van der Waals surface area contributed by atoms with Crippen molar-refractivity contribution in [3.8, 4) is 0 Å². The number of aromatic nitrogens is 4. The molecule has 2 aliphatic heterocycles. The van der Waals surface area contributed by atoms with Crippen molar-refractivity contribution in [3.05, 3.63) is 66.4 Å². The highest BCUT2D eigenvalue weighted by molar-refractivity contribution is 6.31. The number of aryl methyl sites for hydroxylation is 1. The van der Waals surface area contributed by atoms with Crippen molar-refractivity contribution in [2.75, 3.05) is 10.6 Å². The Balaban J connectivity index is 2.05. The van der Waals surface area contributed by atoms with Gasteiger partial charge in [0.1, 0.15) is 11.2 Å². The van der Waals surface area contributed by atoms with Gasteiger partial charge in [0.25, 0.3) is 5.56 Å². The summed E-state index contributed by atoms with van der Waals surface area (Å²) >= 11 is 6.12. The lowest BCUT2D eigenvalue weighted by molar-refractivity contribution is -0.118. The van der Waals surface area contributed by atoms with E-state index in [0.717, 1.165) is 4.57 Å². The van der Waals surface area contributed by atoms with E-state index in [9.17, 15) is 14.4 Å². The molecule has 1 atom stereocenters. The zero-order chi connectivity index (χ0) is 20.0. The highest BCUT2D eigenvalue weighted by Crippen LogP contribution is 2.54. The number of halogens is 1. The summed E-state index contributed by atoms with van der Waals surface area (Å²) in [6.07, 6.45) is 0. The summed E-state index contributed by atoms with van der Waals surface area (Å²) in [6.45, 7) is 1.79. The molecule has 9 nitrogen and oxygen atoms in total. The van der Waals surface area contributed by atoms with Crippen LogP contribution in [-0.2, 0) is 24.3 Å². The second kappa shape index (κ2) is 5.14. The first kappa shape index (κ1) is 16.8. The van der Waals surface area contributed by atoms with Crippen LogP contribution in [0.4, 0.5) is 17.3 Å². The molecule has 3 aromatic rings. The van der Waals surface area contributed by atoms with Gasteiger partial charge in [-0.3, -0.25) is 23.8 Å². The van der Waals surface area contributed by atoms with E-state index in [2.05, 4.69) is 20.8 Å². The molecule has 5 rings (SSSR count). The van der Waals surface area contributed by atoms with Crippen LogP contribution in [0, 0.1) is 6.92 Å². The van der Waals surface area contributed by atoms with Crippen LogP contribution in [0.2, 0.25) is 5.02 Å². The Bertz CT molecular complexity index is 1330. The van der Waals surface area contributed by atoms with Crippen LogP contribution in [0.25, 0.3) is 0 Å². The van der Waals surface area contributed by atoms with Crippen LogP contribution in [0.1, 0.15) is 22.4 Å². The fourth-order valence-corrected chi connectivity index (χ4v) is 4.50. The van der Waals surface area contributed by atoms with Gasteiger partial charge in [-0.05, 0) is 19.1 Å². The van der Waals surface area contributed by atoms with Crippen LogP contribution in [0.5, 0.6) is 0 Å². The minimum Gasteiger partial charge on any atom is -0.324 e. The van der Waals surface area contributed by atoms with Gasteiger partial charge in [-0.15, -0.1) is 0 Å². The Morgan fingerprint density at radius 2 is 1.82 bits per heavy atom. The quantitative estimate of drug-likeness (QED) is 0.525. The van der Waals surface area contributed by atoms with Gasteiger partial charge in [0, 0.05) is 41.6 Å². The van der Waals surface area contributed by atoms with Gasteiger partial charge in [-0.2, -0.15) is 5.10 Å². The molecule has 10 heteroatoms. The van der Waals surface area contributed by atoms with Crippen molar-refractivity contribution >= 4 is 34.8 Å². The molecule has 2 aliphatic rings. The number of carbonyl (C=O) groups excluding carboxylic acids is 1. The number of fused-ring (bicyclic) bond motifs is 6. The first-order valence-corrected chi connectivity index (χ1v) is 8.90. The number of anilines is 3. The second-order valence-electron chi connectivity index (χ2n) is 7.02. The SMILES string of the molecule is Cc1[nH]nc2c1C1(C(=O)Nc3cc(Cl)ccc31)c1c(n(C)c(=O)n(C)c1=O)N2. The number of amides is 1. The zero-order valence-corrected chi connectivity index (χ0v) is 15.9. The Morgan fingerprint density at radius 1 is 1.07 bits per heavy atom. The average Bonchev–Trinajstić information content (AvgIpc) is 3.16. The fourth-order valence-electron chi connectivity index (χ4n) is 4.33. The van der Waals surface area contributed by atoms with E-state index in [1.807, 2.05) is 0 Å². The van der Waals surface area contributed by atoms with E-state index in [0.29, 0.717) is 33.3 Å². The van der Waals surface area contributed by atoms with Crippen molar-refractivity contribution in [2.45, 2.75) is 12.3 Å². The van der Waals surface area contributed by atoms with E-state index in [1.54, 1.807) is 32.2 Å². The van der Waals surface area contributed by atoms with Gasteiger partial charge in [0.15, 0.2) is 5.82 Å². The van der Waals surface area contributed by atoms with Crippen LogP contribution in [0.15, 0.2) is 27.8 Å². The standard InChI is InChI=1S/C18H15ClN6O3/c1-7-11-13(23-22-7)21-14-12(15(26)25(3)17(28)24(14)2)18(11)9-5-4-8(19)6-10(9)20-16(18)27/h4-6H,1-3H3,(H,20,27)(H2,21,22,23). The number of hydrogen-bond acceptors (Lipinski definition) is 5. The van der Waals surface area contributed by atoms with Crippen molar-refractivity contribution in [1.29, 1.82) is 0 Å². The third-order valence-corrected chi connectivity index (χ3v) is 5.81. The third-order valence-electron chi connectivity index (χ3n) is 5.57. The Morgan fingerprint density at radius 3 is 2.57 bits per heavy atom. The molecule has 0 bridgehead atoms. The molecular weight excluding hydrogens is 384 g/mol. The van der Waals surface area contributed by atoms with E-state index < -0.39 is 22.6 Å². The smallest absolute Gasteiger partial charge is 0.324 e. The van der Waals surface area contributed by atoms with Crippen LogP contribution >= 0.6 is 11.6 Å². The number of rotatable bonds is 0. The fraction of sp³-hybridized carbons (Fsp3) is 0.222. The van der Waals surface area contributed by atoms with E-state index >= 15 is 0 Å². The lowest BCUT2D eigenvalue weighted by atomic mass is 9.68. The van der Waals surface area contributed by atoms with Gasteiger partial charge in [0.2, 0.25) is 5.91 Å². The van der Waals surface area contributed by atoms with Crippen LogP contribution in [0.3, 0.4) is 0 Å². The number of nitrogens with zero attached hydrogens (tertiary/aromatic N) is 3. The second-order valence-corrected chi connectivity index (χ2v) is 7.46. The van der Waals surface area contributed by atoms with Gasteiger partial charge in [0.05, 0.1) is 5.56 Å². The number of H-pyrrole nitrogens is 1. The summed E-state index contributed by atoms with van der Waals surface area (Å²) in [6, 6.07) is 5.05. The minimum atomic E-state index is -1.45. The van der Waals surface area contributed by atoms with E-state index in [-0.39, 0.29) is 11.4 Å². The lowest BCUT2D eigenvalue weighted by Crippen LogP contribution is -2.50. The molecule has 142 valence electrons. The van der Waals surface area contributed by atoms with Crippen molar-refractivity contribution in [3.63, 3.8) is 0 Å². The number of benzene rings is 1. The van der Waals surface area contributed by atoms with Crippen LogP contribution < -0.4 is 21.9 Å². The average molecular weight is 399 g/mol. The number of aromatic amines is 1. The zero-order valence-electron chi connectivity index (χ0n) is 15.2. The molecule has 1 spiro atoms. The molecule has 0 saturated heterocycles. The first-order chi connectivity index (χ1) is 13.3. The molecule has 1 unspecified atom stereocenters. The summed E-state index contributed by atoms with van der Waals surface area (Å²) in [7, 11) is 2.94. The normalized spacial score (nSPS) is 19.1. The summed E-state index contributed by atoms with van der Waals surface area (Å²) in [5.74, 6) is 0.241. The summed E-state index contributed by atoms with van der Waals surface area (Å²) in [5.41, 5.74) is -0.0256. The minimum absolute atomic E-state index is 0.174. The molecule has 0 saturated carbocycles. The molecule has 0 radical (unpaired) electrons. The van der Waals surface area contributed by atoms with Crippen LogP contribution in [-0.4, -0.2) is 25.2 Å². The molecular formula is C18H15ClN6O3.